The molecule has 324 valence electrons. The number of likely N-dealkylation sites (tertiary alicyclic amines) is 2. The number of hydrogen-bond donors (Lipinski definition) is 10. The van der Waals surface area contributed by atoms with Crippen LogP contribution in [0.1, 0.15) is 69.8 Å². The van der Waals surface area contributed by atoms with E-state index in [0.717, 1.165) is 0 Å². The lowest BCUT2D eigenvalue weighted by Gasteiger charge is -2.33. The molecule has 0 saturated carbocycles. The number of nitrogens with one attached hydrogen (secondary N) is 4. The van der Waals surface area contributed by atoms with Gasteiger partial charge in [-0.15, -0.1) is 0 Å². The predicted octanol–water partition coefficient (Wildman–Crippen LogP) is -4.65. The van der Waals surface area contributed by atoms with Gasteiger partial charge in [-0.2, -0.15) is 0 Å². The number of primary amides is 3. The summed E-state index contributed by atoms with van der Waals surface area (Å²) in [4.78, 5) is 131. The first-order valence-corrected chi connectivity index (χ1v) is 19.2. The summed E-state index contributed by atoms with van der Waals surface area (Å²) in [5.74, 6) is -8.78. The summed E-state index contributed by atoms with van der Waals surface area (Å²) in [6.45, 7) is -0.567. The minimum absolute atomic E-state index is 0.00470. The second kappa shape index (κ2) is 22.7. The number of aliphatic carboxylic acids is 1. The summed E-state index contributed by atoms with van der Waals surface area (Å²) >= 11 is 0. The highest BCUT2D eigenvalue weighted by Crippen LogP contribution is 2.26. The number of hydrogen-bond acceptors (Lipinski definition) is 12. The van der Waals surface area contributed by atoms with Crippen LogP contribution in [0.15, 0.2) is 30.3 Å². The Hall–Kier alpha value is -6.16. The van der Waals surface area contributed by atoms with Crippen LogP contribution in [0.4, 0.5) is 0 Å². The molecule has 1 aromatic rings. The van der Waals surface area contributed by atoms with Gasteiger partial charge in [-0.25, -0.2) is 4.79 Å². The van der Waals surface area contributed by atoms with Gasteiger partial charge in [-0.05, 0) is 50.5 Å². The highest BCUT2D eigenvalue weighted by atomic mass is 16.4. The average Bonchev–Trinajstić information content (AvgIpc) is 3.89. The van der Waals surface area contributed by atoms with Gasteiger partial charge in [-0.1, -0.05) is 30.3 Å². The summed E-state index contributed by atoms with van der Waals surface area (Å²) in [6, 6.07) is -0.691. The molecule has 0 bridgehead atoms. The molecule has 7 atom stereocenters. The summed E-state index contributed by atoms with van der Waals surface area (Å²) < 4.78 is 0. The molecule has 22 nitrogen and oxygen atoms in total. The standard InChI is InChI=1S/C37H54N10O12/c38-21(19-48)31(52)42-22(10-13-28(39)49)32(53)43-23(11-14-29(40)50)33(54)44-24(12-15-30(41)51)35(56)47-17-5-9-27(47)36(57)46-16-4-8-26(46)34(55)45-25(37(58)59)18-20-6-2-1-3-7-20/h1-3,6-7,21-27,48H,4-5,8-19,38H2,(H2,39,49)(H2,40,50)(H2,41,51)(H,42,52)(H,43,53)(H,44,54)(H,45,55)(H,58,59)/t21-,22-,23-,24-,25-,26-,27-/m0/s1. The minimum Gasteiger partial charge on any atom is -0.480 e. The maximum Gasteiger partial charge on any atom is 0.326 e. The predicted molar refractivity (Wildman–Crippen MR) is 205 cm³/mol. The molecule has 14 N–H and O–H groups in total. The Bertz CT molecular complexity index is 1730. The Morgan fingerprint density at radius 2 is 1.12 bits per heavy atom. The van der Waals surface area contributed by atoms with Gasteiger partial charge in [0.2, 0.25) is 53.2 Å². The molecule has 59 heavy (non-hydrogen) atoms. The van der Waals surface area contributed by atoms with Crippen molar-refractivity contribution < 1.29 is 58.2 Å². The van der Waals surface area contributed by atoms with E-state index in [1.807, 2.05) is 0 Å². The number of nitrogens with two attached hydrogens (primary N) is 4. The van der Waals surface area contributed by atoms with Crippen molar-refractivity contribution in [2.75, 3.05) is 19.7 Å². The van der Waals surface area contributed by atoms with Gasteiger partial charge in [0.05, 0.1) is 6.61 Å². The van der Waals surface area contributed by atoms with Gasteiger partial charge in [0.15, 0.2) is 0 Å². The lowest BCUT2D eigenvalue weighted by molar-refractivity contribution is -0.149. The molecular formula is C37H54N10O12. The lowest BCUT2D eigenvalue weighted by atomic mass is 10.0. The van der Waals surface area contributed by atoms with Crippen molar-refractivity contribution in [3.05, 3.63) is 35.9 Å². The van der Waals surface area contributed by atoms with Crippen molar-refractivity contribution in [2.24, 2.45) is 22.9 Å². The Labute approximate surface area is 339 Å². The summed E-state index contributed by atoms with van der Waals surface area (Å²) in [7, 11) is 0. The van der Waals surface area contributed by atoms with Crippen molar-refractivity contribution in [1.29, 1.82) is 0 Å². The zero-order valence-electron chi connectivity index (χ0n) is 32.5. The van der Waals surface area contributed by atoms with E-state index in [-0.39, 0.29) is 51.6 Å². The highest BCUT2D eigenvalue weighted by molar-refractivity contribution is 5.98. The number of rotatable bonds is 23. The van der Waals surface area contributed by atoms with Crippen LogP contribution < -0.4 is 44.2 Å². The number of amides is 9. The van der Waals surface area contributed by atoms with Crippen molar-refractivity contribution in [1.82, 2.24) is 31.1 Å². The van der Waals surface area contributed by atoms with Crippen molar-refractivity contribution in [2.45, 2.75) is 113 Å². The fourth-order valence-electron chi connectivity index (χ4n) is 6.86. The minimum atomic E-state index is -1.57. The number of carboxylic acid groups (broad SMARTS) is 1. The van der Waals surface area contributed by atoms with Gasteiger partial charge in [0.25, 0.3) is 0 Å². The monoisotopic (exact) mass is 830 g/mol. The molecule has 0 unspecified atom stereocenters. The molecule has 3 rings (SSSR count). The number of nitrogens with zero attached hydrogens (tertiary/aromatic N) is 2. The third-order valence-corrected chi connectivity index (χ3v) is 10.0. The van der Waals surface area contributed by atoms with Gasteiger partial charge >= 0.3 is 5.97 Å². The van der Waals surface area contributed by atoms with Gasteiger partial charge < -0.3 is 64.2 Å². The number of carbonyl (C=O) groups is 10. The van der Waals surface area contributed by atoms with Gasteiger partial charge in [-0.3, -0.25) is 43.2 Å². The highest BCUT2D eigenvalue weighted by Gasteiger charge is 2.44. The van der Waals surface area contributed by atoms with Crippen LogP contribution in [-0.2, 0) is 54.4 Å². The average molecular weight is 831 g/mol. The maximum absolute atomic E-state index is 14.2. The smallest absolute Gasteiger partial charge is 0.326 e. The van der Waals surface area contributed by atoms with Crippen molar-refractivity contribution in [3.8, 4) is 0 Å². The molecule has 9 amide bonds. The van der Waals surface area contributed by atoms with Crippen LogP contribution in [0, 0.1) is 0 Å². The van der Waals surface area contributed by atoms with Crippen LogP contribution in [0.2, 0.25) is 0 Å². The molecule has 2 saturated heterocycles. The molecule has 0 spiro atoms. The zero-order chi connectivity index (χ0) is 43.8. The first kappa shape index (κ1) is 47.2. The van der Waals surface area contributed by atoms with E-state index < -0.39 is 127 Å². The molecule has 2 heterocycles. The van der Waals surface area contributed by atoms with E-state index in [0.29, 0.717) is 18.4 Å². The Balaban J connectivity index is 1.81. The molecule has 0 aliphatic carbocycles. The molecule has 0 aromatic heterocycles. The molecule has 2 aliphatic heterocycles. The molecule has 0 radical (unpaired) electrons. The third kappa shape index (κ3) is 14.3. The summed E-state index contributed by atoms with van der Waals surface area (Å²) in [5, 5.41) is 28.7. The van der Waals surface area contributed by atoms with E-state index in [1.165, 1.54) is 9.80 Å². The Morgan fingerprint density at radius 1 is 0.644 bits per heavy atom. The Kier molecular flexibility index (Phi) is 18.2. The van der Waals surface area contributed by atoms with Crippen molar-refractivity contribution in [3.63, 3.8) is 0 Å². The first-order valence-electron chi connectivity index (χ1n) is 19.2. The van der Waals surface area contributed by atoms with E-state index in [2.05, 4.69) is 21.3 Å². The fraction of sp³-hybridized carbons (Fsp3) is 0.568. The third-order valence-electron chi connectivity index (χ3n) is 10.0. The molecular weight excluding hydrogens is 776 g/mol. The summed E-state index contributed by atoms with van der Waals surface area (Å²) in [6.07, 6.45) is -1.06. The van der Waals surface area contributed by atoms with Crippen LogP contribution in [-0.4, -0.2) is 141 Å². The number of aliphatic hydroxyl groups excluding tert-OH is 1. The largest absolute Gasteiger partial charge is 0.480 e. The van der Waals surface area contributed by atoms with Crippen LogP contribution in [0.25, 0.3) is 0 Å². The van der Waals surface area contributed by atoms with Crippen LogP contribution in [0.3, 0.4) is 0 Å². The second-order valence-electron chi connectivity index (χ2n) is 14.5. The lowest BCUT2D eigenvalue weighted by Crippen LogP contribution is -2.59. The van der Waals surface area contributed by atoms with Gasteiger partial charge in [0, 0.05) is 38.8 Å². The molecule has 2 aliphatic rings. The number of carbonyl (C=O) groups excluding carboxylic acids is 9. The van der Waals surface area contributed by atoms with Crippen LogP contribution in [0.5, 0.6) is 0 Å². The quantitative estimate of drug-likeness (QED) is 0.0497. The summed E-state index contributed by atoms with van der Waals surface area (Å²) in [5.41, 5.74) is 22.1. The molecule has 2 fully saturated rings. The van der Waals surface area contributed by atoms with Crippen molar-refractivity contribution >= 4 is 59.1 Å². The number of aliphatic hydroxyl groups is 1. The molecule has 22 heteroatoms. The van der Waals surface area contributed by atoms with E-state index in [1.54, 1.807) is 30.3 Å². The molecule has 1 aromatic carbocycles. The zero-order valence-corrected chi connectivity index (χ0v) is 32.5. The van der Waals surface area contributed by atoms with Crippen LogP contribution >= 0.6 is 0 Å². The second-order valence-corrected chi connectivity index (χ2v) is 14.5. The Morgan fingerprint density at radius 3 is 1.63 bits per heavy atom. The van der Waals surface area contributed by atoms with E-state index >= 15 is 0 Å². The number of carboxylic acids is 1. The normalized spacial score (nSPS) is 18.7. The topological polar surface area (TPSA) is 370 Å². The SMILES string of the molecule is NC(=O)CC[C@H](NC(=O)[C@H](CCC(N)=O)NC(=O)[C@@H](N)CO)C(=O)N[C@@H](CCC(N)=O)C(=O)N1CCC[C@H]1C(=O)N1CCC[C@H]1C(=O)N[C@@H](Cc1ccccc1)C(=O)O. The van der Waals surface area contributed by atoms with Gasteiger partial charge in [0.1, 0.15) is 42.3 Å². The van der Waals surface area contributed by atoms with E-state index in [9.17, 15) is 58.2 Å². The maximum atomic E-state index is 14.2. The fourth-order valence-corrected chi connectivity index (χ4v) is 6.86. The number of benzene rings is 1. The first-order chi connectivity index (χ1) is 27.9. The van der Waals surface area contributed by atoms with E-state index in [4.69, 9.17) is 22.9 Å².